The third kappa shape index (κ3) is 11.0. The van der Waals surface area contributed by atoms with Crippen LogP contribution in [0.4, 0.5) is 4.79 Å². The first-order valence-corrected chi connectivity index (χ1v) is 6.15. The summed E-state index contributed by atoms with van der Waals surface area (Å²) < 4.78 is 4.96. The smallest absolute Gasteiger partial charge is 0.407 e. The van der Waals surface area contributed by atoms with Crippen LogP contribution in [0.25, 0.3) is 0 Å². The fourth-order valence-corrected chi connectivity index (χ4v) is 1.25. The molecule has 17 heavy (non-hydrogen) atoms. The molecule has 0 aliphatic carbocycles. The van der Waals surface area contributed by atoms with Gasteiger partial charge in [-0.2, -0.15) is 0 Å². The molecule has 0 aliphatic rings. The van der Waals surface area contributed by atoms with Gasteiger partial charge in [0.05, 0.1) is 6.10 Å². The van der Waals surface area contributed by atoms with E-state index in [0.29, 0.717) is 6.54 Å². The highest BCUT2D eigenvalue weighted by atomic mass is 16.6. The van der Waals surface area contributed by atoms with Crippen molar-refractivity contribution in [3.63, 3.8) is 0 Å². The van der Waals surface area contributed by atoms with Gasteiger partial charge in [-0.15, -0.1) is 0 Å². The minimum absolute atomic E-state index is 0.0715. The molecule has 0 aromatic carbocycles. The fourth-order valence-electron chi connectivity index (χ4n) is 1.25. The van der Waals surface area contributed by atoms with Gasteiger partial charge >= 0.3 is 6.09 Å². The van der Waals surface area contributed by atoms with Gasteiger partial charge in [0.1, 0.15) is 0 Å². The highest BCUT2D eigenvalue weighted by molar-refractivity contribution is 5.67. The van der Waals surface area contributed by atoms with Gasteiger partial charge in [-0.25, -0.2) is 4.79 Å². The summed E-state index contributed by atoms with van der Waals surface area (Å²) in [5.74, 6) is 0. The van der Waals surface area contributed by atoms with Crippen LogP contribution in [0.5, 0.6) is 0 Å². The highest BCUT2D eigenvalue weighted by Gasteiger charge is 2.01. The van der Waals surface area contributed by atoms with E-state index in [1.807, 2.05) is 19.9 Å². The van der Waals surface area contributed by atoms with Crippen molar-refractivity contribution in [3.8, 4) is 0 Å². The number of carbonyl (C=O) groups is 1. The Hall–Kier alpha value is -1.25. The van der Waals surface area contributed by atoms with E-state index < -0.39 is 0 Å². The van der Waals surface area contributed by atoms with E-state index >= 15 is 0 Å². The normalized spacial score (nSPS) is 11.3. The molecule has 3 heteroatoms. The lowest BCUT2D eigenvalue weighted by atomic mass is 10.1. The molecule has 0 aliphatic heterocycles. The van der Waals surface area contributed by atoms with Gasteiger partial charge < -0.3 is 10.1 Å². The molecule has 0 fully saturated rings. The van der Waals surface area contributed by atoms with Crippen LogP contribution in [-0.2, 0) is 4.74 Å². The minimum Gasteiger partial charge on any atom is -0.447 e. The van der Waals surface area contributed by atoms with E-state index in [0.717, 1.165) is 12.8 Å². The largest absolute Gasteiger partial charge is 0.447 e. The van der Waals surface area contributed by atoms with Crippen molar-refractivity contribution in [1.82, 2.24) is 5.32 Å². The summed E-state index contributed by atoms with van der Waals surface area (Å²) in [5, 5.41) is 2.69. The zero-order valence-corrected chi connectivity index (χ0v) is 11.7. The summed E-state index contributed by atoms with van der Waals surface area (Å²) in [4.78, 5) is 11.2. The van der Waals surface area contributed by atoms with Gasteiger partial charge in [-0.05, 0) is 47.5 Å². The Bertz CT molecular complexity index is 287. The average molecular weight is 239 g/mol. The molecule has 0 spiro atoms. The van der Waals surface area contributed by atoms with Crippen LogP contribution < -0.4 is 5.32 Å². The van der Waals surface area contributed by atoms with E-state index in [9.17, 15) is 4.79 Å². The maximum Gasteiger partial charge on any atom is 0.407 e. The molecule has 1 N–H and O–H groups in total. The van der Waals surface area contributed by atoms with Crippen molar-refractivity contribution in [2.24, 2.45) is 0 Å². The molecule has 0 aromatic rings. The van der Waals surface area contributed by atoms with Crippen LogP contribution in [0, 0.1) is 0 Å². The SMILES string of the molecule is CC(C)=CCC/C(C)=C/CNC(=O)OC(C)C. The van der Waals surface area contributed by atoms with Gasteiger partial charge in [0, 0.05) is 6.54 Å². The molecule has 98 valence electrons. The number of amides is 1. The molecule has 0 saturated carbocycles. The summed E-state index contributed by atoms with van der Waals surface area (Å²) in [6, 6.07) is 0. The molecule has 0 radical (unpaired) electrons. The van der Waals surface area contributed by atoms with Gasteiger partial charge in [-0.1, -0.05) is 23.3 Å². The number of allylic oxidation sites excluding steroid dienone is 3. The van der Waals surface area contributed by atoms with Gasteiger partial charge in [0.25, 0.3) is 0 Å². The summed E-state index contributed by atoms with van der Waals surface area (Å²) in [7, 11) is 0. The number of carbonyl (C=O) groups excluding carboxylic acids is 1. The second-order valence-electron chi connectivity index (χ2n) is 4.71. The first kappa shape index (κ1) is 15.8. The quantitative estimate of drug-likeness (QED) is 0.716. The number of hydrogen-bond donors (Lipinski definition) is 1. The van der Waals surface area contributed by atoms with Crippen LogP contribution in [0.3, 0.4) is 0 Å². The van der Waals surface area contributed by atoms with E-state index in [1.54, 1.807) is 0 Å². The van der Waals surface area contributed by atoms with Crippen LogP contribution >= 0.6 is 0 Å². The summed E-state index contributed by atoms with van der Waals surface area (Å²) in [6.07, 6.45) is 5.91. The second-order valence-corrected chi connectivity index (χ2v) is 4.71. The molecule has 0 heterocycles. The molecule has 1 amide bonds. The number of nitrogens with one attached hydrogen (secondary N) is 1. The van der Waals surface area contributed by atoms with Crippen molar-refractivity contribution in [2.75, 3.05) is 6.54 Å². The number of hydrogen-bond acceptors (Lipinski definition) is 2. The van der Waals surface area contributed by atoms with Crippen LogP contribution in [0.15, 0.2) is 23.3 Å². The zero-order chi connectivity index (χ0) is 13.3. The predicted molar refractivity (Wildman–Crippen MR) is 72.0 cm³/mol. The van der Waals surface area contributed by atoms with Crippen LogP contribution in [0.2, 0.25) is 0 Å². The maximum atomic E-state index is 11.2. The number of ether oxygens (including phenoxy) is 1. The molecule has 0 aromatic heterocycles. The molecule has 0 atom stereocenters. The zero-order valence-electron chi connectivity index (χ0n) is 11.7. The van der Waals surface area contributed by atoms with Gasteiger partial charge in [-0.3, -0.25) is 0 Å². The van der Waals surface area contributed by atoms with E-state index in [2.05, 4.69) is 32.2 Å². The Morgan fingerprint density at radius 1 is 1.24 bits per heavy atom. The monoisotopic (exact) mass is 239 g/mol. The van der Waals surface area contributed by atoms with Crippen molar-refractivity contribution in [1.29, 1.82) is 0 Å². The minimum atomic E-state index is -0.353. The topological polar surface area (TPSA) is 38.3 Å². The van der Waals surface area contributed by atoms with Crippen molar-refractivity contribution < 1.29 is 9.53 Å². The fraction of sp³-hybridized carbons (Fsp3) is 0.643. The molecule has 0 unspecified atom stereocenters. The first-order chi connectivity index (χ1) is 7.91. The lowest BCUT2D eigenvalue weighted by molar-refractivity contribution is 0.116. The second kappa shape index (κ2) is 8.85. The molecule has 3 nitrogen and oxygen atoms in total. The van der Waals surface area contributed by atoms with E-state index in [1.165, 1.54) is 11.1 Å². The molecule has 0 saturated heterocycles. The summed E-state index contributed by atoms with van der Waals surface area (Å²) in [6.45, 7) is 10.5. The molecule has 0 bridgehead atoms. The van der Waals surface area contributed by atoms with Crippen molar-refractivity contribution >= 4 is 6.09 Å². The van der Waals surface area contributed by atoms with E-state index in [-0.39, 0.29) is 12.2 Å². The highest BCUT2D eigenvalue weighted by Crippen LogP contribution is 2.05. The third-order valence-corrected chi connectivity index (χ3v) is 2.13. The Kier molecular flexibility index (Phi) is 8.20. The van der Waals surface area contributed by atoms with Crippen molar-refractivity contribution in [2.45, 2.75) is 53.6 Å². The van der Waals surface area contributed by atoms with Crippen LogP contribution in [-0.4, -0.2) is 18.7 Å². The summed E-state index contributed by atoms with van der Waals surface area (Å²) >= 11 is 0. The Balaban J connectivity index is 3.76. The lowest BCUT2D eigenvalue weighted by Gasteiger charge is -2.08. The standard InChI is InChI=1S/C14H25NO2/c1-11(2)7-6-8-13(5)9-10-15-14(16)17-12(3)4/h7,9,12H,6,8,10H2,1-5H3,(H,15,16)/b13-9+. The molecular formula is C14H25NO2. The number of rotatable bonds is 6. The predicted octanol–water partition coefficient (Wildman–Crippen LogP) is 3.81. The Morgan fingerprint density at radius 2 is 1.88 bits per heavy atom. The average Bonchev–Trinajstić information content (AvgIpc) is 2.15. The maximum absolute atomic E-state index is 11.2. The molecular weight excluding hydrogens is 214 g/mol. The Labute approximate surface area is 105 Å². The van der Waals surface area contributed by atoms with Gasteiger partial charge in [0.15, 0.2) is 0 Å². The number of alkyl carbamates (subject to hydrolysis) is 1. The first-order valence-electron chi connectivity index (χ1n) is 6.15. The lowest BCUT2D eigenvalue weighted by Crippen LogP contribution is -2.26. The van der Waals surface area contributed by atoms with Crippen molar-refractivity contribution in [3.05, 3.63) is 23.3 Å². The van der Waals surface area contributed by atoms with E-state index in [4.69, 9.17) is 4.74 Å². The summed E-state index contributed by atoms with van der Waals surface area (Å²) in [5.41, 5.74) is 2.63. The van der Waals surface area contributed by atoms with Gasteiger partial charge in [0.2, 0.25) is 0 Å². The third-order valence-electron chi connectivity index (χ3n) is 2.13. The Morgan fingerprint density at radius 3 is 2.41 bits per heavy atom. The van der Waals surface area contributed by atoms with Crippen LogP contribution in [0.1, 0.15) is 47.5 Å². The molecule has 0 rings (SSSR count).